The highest BCUT2D eigenvalue weighted by molar-refractivity contribution is 5.91. The highest BCUT2D eigenvalue weighted by atomic mass is 16.2. The molecule has 0 aliphatic heterocycles. The summed E-state index contributed by atoms with van der Waals surface area (Å²) < 4.78 is 0. The zero-order valence-electron chi connectivity index (χ0n) is 15.1. The van der Waals surface area contributed by atoms with Gasteiger partial charge in [-0.1, -0.05) is 47.5 Å². The third kappa shape index (κ3) is 5.38. The van der Waals surface area contributed by atoms with Gasteiger partial charge in [-0.15, -0.1) is 0 Å². The first-order valence-corrected chi connectivity index (χ1v) is 8.85. The molecule has 1 rings (SSSR count). The Bertz CT molecular complexity index is 370. The number of likely N-dealkylation sites (N-methyl/N-ethyl adjacent to an activating group) is 1. The molecule has 2 atom stereocenters. The van der Waals surface area contributed by atoms with Crippen molar-refractivity contribution in [2.24, 2.45) is 17.3 Å². The summed E-state index contributed by atoms with van der Waals surface area (Å²) in [5.74, 6) is 0.102. The summed E-state index contributed by atoms with van der Waals surface area (Å²) in [5.41, 5.74) is -0.359. The number of nitrogens with one attached hydrogen (secondary N) is 1. The smallest absolute Gasteiger partial charge is 0.223 e. The van der Waals surface area contributed by atoms with Gasteiger partial charge in [0.25, 0.3) is 0 Å². The van der Waals surface area contributed by atoms with E-state index in [1.807, 2.05) is 20.8 Å². The van der Waals surface area contributed by atoms with E-state index in [4.69, 9.17) is 0 Å². The summed E-state index contributed by atoms with van der Waals surface area (Å²) in [7, 11) is 0. The Labute approximate surface area is 136 Å². The Morgan fingerprint density at radius 3 is 2.09 bits per heavy atom. The normalized spacial score (nSPS) is 22.6. The van der Waals surface area contributed by atoms with Crippen LogP contribution in [0.5, 0.6) is 0 Å². The predicted octanol–water partition coefficient (Wildman–Crippen LogP) is 2.87. The fraction of sp³-hybridized carbons (Fsp3) is 0.889. The van der Waals surface area contributed by atoms with E-state index in [-0.39, 0.29) is 28.9 Å². The van der Waals surface area contributed by atoms with Crippen LogP contribution in [0.2, 0.25) is 0 Å². The van der Waals surface area contributed by atoms with Crippen LogP contribution in [0.4, 0.5) is 0 Å². The van der Waals surface area contributed by atoms with Gasteiger partial charge in [0.05, 0.1) is 0 Å². The van der Waals surface area contributed by atoms with Crippen molar-refractivity contribution < 1.29 is 9.59 Å². The van der Waals surface area contributed by atoms with Crippen LogP contribution in [0.3, 0.4) is 0 Å². The van der Waals surface area contributed by atoms with E-state index >= 15 is 0 Å². The van der Waals surface area contributed by atoms with Crippen molar-refractivity contribution in [1.82, 2.24) is 10.2 Å². The number of hydrogen-bond acceptors (Lipinski definition) is 3. The second kappa shape index (κ2) is 8.66. The summed E-state index contributed by atoms with van der Waals surface area (Å²) in [6.45, 7) is 13.7. The molecule has 1 saturated carbocycles. The van der Waals surface area contributed by atoms with E-state index < -0.39 is 0 Å². The fourth-order valence-electron chi connectivity index (χ4n) is 3.32. The lowest BCUT2D eigenvalue weighted by Crippen LogP contribution is -2.44. The average molecular weight is 310 g/mol. The van der Waals surface area contributed by atoms with Crippen LogP contribution in [-0.4, -0.2) is 42.8 Å². The maximum absolute atomic E-state index is 12.6. The number of ketones is 1. The first kappa shape index (κ1) is 19.1. The molecule has 1 aliphatic rings. The number of amides is 1. The van der Waals surface area contributed by atoms with Crippen LogP contribution in [0.25, 0.3) is 0 Å². The van der Waals surface area contributed by atoms with Crippen LogP contribution < -0.4 is 5.32 Å². The van der Waals surface area contributed by atoms with Gasteiger partial charge in [0.15, 0.2) is 0 Å². The Kier molecular flexibility index (Phi) is 7.54. The van der Waals surface area contributed by atoms with Gasteiger partial charge in [0.1, 0.15) is 5.78 Å². The summed E-state index contributed by atoms with van der Waals surface area (Å²) >= 11 is 0. The summed E-state index contributed by atoms with van der Waals surface area (Å²) in [6.07, 6.45) is 3.84. The summed E-state index contributed by atoms with van der Waals surface area (Å²) in [6, 6.07) is 0. The van der Waals surface area contributed by atoms with Crippen LogP contribution in [0.15, 0.2) is 0 Å². The molecule has 1 N–H and O–H groups in total. The third-order valence-corrected chi connectivity index (χ3v) is 4.80. The molecule has 0 aromatic heterocycles. The van der Waals surface area contributed by atoms with Gasteiger partial charge in [-0.05, 0) is 25.9 Å². The lowest BCUT2D eigenvalue weighted by molar-refractivity contribution is -0.139. The van der Waals surface area contributed by atoms with Gasteiger partial charge in [0, 0.05) is 30.3 Å². The molecular formula is C18H34N2O2. The van der Waals surface area contributed by atoms with Crippen molar-refractivity contribution in [3.05, 3.63) is 0 Å². The molecule has 0 aromatic rings. The number of hydrogen-bond donors (Lipinski definition) is 1. The Morgan fingerprint density at radius 2 is 1.59 bits per heavy atom. The van der Waals surface area contributed by atoms with Crippen LogP contribution in [-0.2, 0) is 9.59 Å². The molecule has 0 bridgehead atoms. The Hall–Kier alpha value is -0.900. The van der Waals surface area contributed by atoms with Crippen LogP contribution >= 0.6 is 0 Å². The highest BCUT2D eigenvalue weighted by Gasteiger charge is 2.39. The van der Waals surface area contributed by atoms with E-state index in [0.29, 0.717) is 6.54 Å². The van der Waals surface area contributed by atoms with Crippen molar-refractivity contribution in [1.29, 1.82) is 0 Å². The first-order valence-electron chi connectivity index (χ1n) is 8.85. The fourth-order valence-corrected chi connectivity index (χ4v) is 3.32. The van der Waals surface area contributed by atoms with Crippen molar-refractivity contribution in [2.45, 2.75) is 60.3 Å². The maximum atomic E-state index is 12.6. The second-order valence-electron chi connectivity index (χ2n) is 7.43. The molecule has 0 spiro atoms. The zero-order chi connectivity index (χ0) is 16.8. The molecule has 128 valence electrons. The van der Waals surface area contributed by atoms with E-state index in [1.54, 1.807) is 0 Å². The average Bonchev–Trinajstić information content (AvgIpc) is 2.49. The molecule has 4 heteroatoms. The SMILES string of the molecule is CCN(CC)CCNC(=O)C1CCCCC1C(=O)C(C)(C)C. The Balaban J connectivity index is 2.59. The molecule has 22 heavy (non-hydrogen) atoms. The van der Waals surface area contributed by atoms with Crippen molar-refractivity contribution in [2.75, 3.05) is 26.2 Å². The van der Waals surface area contributed by atoms with Gasteiger partial charge in [0.2, 0.25) is 5.91 Å². The largest absolute Gasteiger partial charge is 0.355 e. The molecule has 0 radical (unpaired) electrons. The van der Waals surface area contributed by atoms with Crippen LogP contribution in [0, 0.1) is 17.3 Å². The molecule has 0 heterocycles. The minimum atomic E-state index is -0.359. The number of Topliss-reactive ketones (excluding diaryl/α,β-unsaturated/α-hetero) is 1. The minimum Gasteiger partial charge on any atom is -0.355 e. The number of nitrogens with zero attached hydrogens (tertiary/aromatic N) is 1. The monoisotopic (exact) mass is 310 g/mol. The molecule has 4 nitrogen and oxygen atoms in total. The second-order valence-corrected chi connectivity index (χ2v) is 7.43. The molecule has 1 aliphatic carbocycles. The van der Waals surface area contributed by atoms with Gasteiger partial charge >= 0.3 is 0 Å². The first-order chi connectivity index (χ1) is 10.3. The van der Waals surface area contributed by atoms with Gasteiger partial charge in [-0.3, -0.25) is 9.59 Å². The minimum absolute atomic E-state index is 0.0782. The molecular weight excluding hydrogens is 276 g/mol. The van der Waals surface area contributed by atoms with Crippen molar-refractivity contribution >= 4 is 11.7 Å². The number of rotatable bonds is 7. The molecule has 0 aromatic carbocycles. The van der Waals surface area contributed by atoms with Crippen LogP contribution in [0.1, 0.15) is 60.3 Å². The quantitative estimate of drug-likeness (QED) is 0.786. The Morgan fingerprint density at radius 1 is 1.05 bits per heavy atom. The summed E-state index contributed by atoms with van der Waals surface area (Å²) in [5, 5.41) is 3.05. The predicted molar refractivity (Wildman–Crippen MR) is 90.7 cm³/mol. The zero-order valence-corrected chi connectivity index (χ0v) is 15.1. The van der Waals surface area contributed by atoms with Gasteiger partial charge in [-0.25, -0.2) is 0 Å². The van der Waals surface area contributed by atoms with Crippen molar-refractivity contribution in [3.63, 3.8) is 0 Å². The van der Waals surface area contributed by atoms with E-state index in [0.717, 1.165) is 45.3 Å². The lowest BCUT2D eigenvalue weighted by Gasteiger charge is -2.33. The number of carbonyl (C=O) groups excluding carboxylic acids is 2. The molecule has 1 amide bonds. The van der Waals surface area contributed by atoms with E-state index in [1.165, 1.54) is 0 Å². The van der Waals surface area contributed by atoms with E-state index in [9.17, 15) is 9.59 Å². The highest BCUT2D eigenvalue weighted by Crippen LogP contribution is 2.35. The summed E-state index contributed by atoms with van der Waals surface area (Å²) in [4.78, 5) is 27.4. The van der Waals surface area contributed by atoms with Crippen molar-refractivity contribution in [3.8, 4) is 0 Å². The van der Waals surface area contributed by atoms with Gasteiger partial charge < -0.3 is 10.2 Å². The lowest BCUT2D eigenvalue weighted by atomic mass is 9.70. The van der Waals surface area contributed by atoms with Gasteiger partial charge in [-0.2, -0.15) is 0 Å². The van der Waals surface area contributed by atoms with E-state index in [2.05, 4.69) is 24.1 Å². The molecule has 1 fully saturated rings. The topological polar surface area (TPSA) is 49.4 Å². The standard InChI is InChI=1S/C18H34N2O2/c1-6-20(7-2)13-12-19-17(22)15-11-9-8-10-14(15)16(21)18(3,4)5/h14-15H,6-13H2,1-5H3,(H,19,22). The molecule has 2 unspecified atom stereocenters. The molecule has 0 saturated heterocycles. The third-order valence-electron chi connectivity index (χ3n) is 4.80. The maximum Gasteiger partial charge on any atom is 0.223 e. The number of carbonyl (C=O) groups is 2.